The lowest BCUT2D eigenvalue weighted by molar-refractivity contribution is -0.000864. The molecule has 0 bridgehead atoms. The van der Waals surface area contributed by atoms with Crippen LogP contribution in [0.1, 0.15) is 40.2 Å². The zero-order valence-corrected chi connectivity index (χ0v) is 14.6. The van der Waals surface area contributed by atoms with E-state index in [-0.39, 0.29) is 12.0 Å². The lowest BCUT2D eigenvalue weighted by atomic mass is 9.77. The lowest BCUT2D eigenvalue weighted by Crippen LogP contribution is -2.48. The molecule has 1 aromatic rings. The smallest absolute Gasteiger partial charge is 0.263 e. The number of thiophene rings is 1. The molecule has 0 unspecified atom stereocenters. The Hall–Kier alpha value is -0.910. The van der Waals surface area contributed by atoms with Crippen LogP contribution in [0.3, 0.4) is 0 Å². The van der Waals surface area contributed by atoms with Crippen molar-refractivity contribution in [2.45, 2.75) is 44.8 Å². The number of aliphatic hydroxyl groups excluding tert-OH is 1. The molecule has 4 atom stereocenters. The van der Waals surface area contributed by atoms with E-state index in [0.717, 1.165) is 43.9 Å². The number of hydrogen-bond acceptors (Lipinski definition) is 4. The first-order valence-electron chi connectivity index (χ1n) is 8.89. The molecule has 1 aromatic heterocycles. The first-order chi connectivity index (χ1) is 11.1. The summed E-state index contributed by atoms with van der Waals surface area (Å²) >= 11 is 1.59. The average molecular weight is 334 g/mol. The van der Waals surface area contributed by atoms with Crippen LogP contribution in [0.2, 0.25) is 0 Å². The molecule has 23 heavy (non-hydrogen) atoms. The van der Waals surface area contributed by atoms with Crippen LogP contribution in [-0.2, 0) is 0 Å². The van der Waals surface area contributed by atoms with Gasteiger partial charge in [0.25, 0.3) is 5.91 Å². The first-order valence-corrected chi connectivity index (χ1v) is 9.71. The van der Waals surface area contributed by atoms with E-state index in [4.69, 9.17) is 0 Å². The van der Waals surface area contributed by atoms with Gasteiger partial charge in [-0.3, -0.25) is 9.69 Å². The van der Waals surface area contributed by atoms with Crippen LogP contribution in [-0.4, -0.2) is 59.1 Å². The van der Waals surface area contributed by atoms with E-state index in [1.807, 2.05) is 24.0 Å². The van der Waals surface area contributed by atoms with Crippen molar-refractivity contribution in [3.8, 4) is 0 Å². The summed E-state index contributed by atoms with van der Waals surface area (Å²) < 4.78 is 0. The zero-order chi connectivity index (χ0) is 16.0. The van der Waals surface area contributed by atoms with Crippen molar-refractivity contribution in [1.82, 2.24) is 9.80 Å². The Balaban J connectivity index is 1.43. The molecule has 4 nitrogen and oxygen atoms in total. The monoisotopic (exact) mass is 334 g/mol. The summed E-state index contributed by atoms with van der Waals surface area (Å²) in [4.78, 5) is 19.2. The number of likely N-dealkylation sites (tertiary alicyclic amines) is 2. The van der Waals surface area contributed by atoms with Gasteiger partial charge < -0.3 is 10.0 Å². The highest BCUT2D eigenvalue weighted by Gasteiger charge is 2.45. The third-order valence-corrected chi connectivity index (χ3v) is 6.95. The van der Waals surface area contributed by atoms with E-state index in [1.54, 1.807) is 11.3 Å². The van der Waals surface area contributed by atoms with Gasteiger partial charge in [0.05, 0.1) is 11.0 Å². The Morgan fingerprint density at radius 3 is 2.52 bits per heavy atom. The number of fused-ring (bicyclic) bond motifs is 1. The molecular weight excluding hydrogens is 308 g/mol. The van der Waals surface area contributed by atoms with E-state index < -0.39 is 0 Å². The van der Waals surface area contributed by atoms with E-state index >= 15 is 0 Å². The summed E-state index contributed by atoms with van der Waals surface area (Å²) in [7, 11) is 0. The normalized spacial score (nSPS) is 34.8. The summed E-state index contributed by atoms with van der Waals surface area (Å²) in [5.74, 6) is 1.23. The van der Waals surface area contributed by atoms with Crippen molar-refractivity contribution in [2.75, 3.05) is 26.2 Å². The molecule has 126 valence electrons. The molecule has 0 aromatic carbocycles. The first kappa shape index (κ1) is 15.6. The minimum absolute atomic E-state index is 0.185. The maximum absolute atomic E-state index is 12.7. The van der Waals surface area contributed by atoms with Crippen LogP contribution >= 0.6 is 11.3 Å². The van der Waals surface area contributed by atoms with Gasteiger partial charge >= 0.3 is 0 Å². The molecule has 1 N–H and O–H groups in total. The molecule has 0 spiro atoms. The van der Waals surface area contributed by atoms with Crippen molar-refractivity contribution in [3.63, 3.8) is 0 Å². The van der Waals surface area contributed by atoms with Crippen LogP contribution < -0.4 is 0 Å². The van der Waals surface area contributed by atoms with Gasteiger partial charge in [-0.2, -0.15) is 0 Å². The highest BCUT2D eigenvalue weighted by atomic mass is 32.1. The van der Waals surface area contributed by atoms with Crippen molar-refractivity contribution in [2.24, 2.45) is 11.8 Å². The van der Waals surface area contributed by atoms with Gasteiger partial charge in [-0.1, -0.05) is 0 Å². The topological polar surface area (TPSA) is 43.8 Å². The largest absolute Gasteiger partial charge is 0.391 e. The predicted octanol–water partition coefficient (Wildman–Crippen LogP) is 2.36. The minimum Gasteiger partial charge on any atom is -0.391 e. The highest BCUT2D eigenvalue weighted by molar-refractivity contribution is 7.13. The average Bonchev–Trinajstić information content (AvgIpc) is 3.25. The molecule has 2 aliphatic heterocycles. The third kappa shape index (κ3) is 2.94. The standard InChI is InChI=1S/C18H26N2O2S/c1-12-4-5-17(23-12)18(22)20-10-13-8-15(19-6-2-3-7-19)16(21)9-14(13)11-20/h4-5,13-16,21H,2-3,6-11H2,1H3/t13-,14+,15-,16-/m1/s1. The third-order valence-electron chi connectivity index (χ3n) is 5.96. The van der Waals surface area contributed by atoms with Gasteiger partial charge in [-0.15, -0.1) is 11.3 Å². The Kier molecular flexibility index (Phi) is 4.20. The molecular formula is C18H26N2O2S. The van der Waals surface area contributed by atoms with Gasteiger partial charge in [-0.25, -0.2) is 0 Å². The Morgan fingerprint density at radius 1 is 1.17 bits per heavy atom. The molecule has 3 fully saturated rings. The van der Waals surface area contributed by atoms with Gasteiger partial charge in [0.1, 0.15) is 0 Å². The molecule has 1 saturated carbocycles. The molecule has 3 aliphatic rings. The number of carbonyl (C=O) groups is 1. The summed E-state index contributed by atoms with van der Waals surface area (Å²) in [5, 5.41) is 10.6. The highest BCUT2D eigenvalue weighted by Crippen LogP contribution is 2.39. The second-order valence-corrected chi connectivity index (χ2v) is 8.78. The number of rotatable bonds is 2. The molecule has 0 radical (unpaired) electrons. The molecule has 1 aliphatic carbocycles. The minimum atomic E-state index is -0.214. The Bertz CT molecular complexity index is 581. The summed E-state index contributed by atoms with van der Waals surface area (Å²) in [5.41, 5.74) is 0. The molecule has 1 amide bonds. The fraction of sp³-hybridized carbons (Fsp3) is 0.722. The van der Waals surface area contributed by atoms with Crippen LogP contribution in [0, 0.1) is 18.8 Å². The number of amides is 1. The van der Waals surface area contributed by atoms with E-state index in [0.29, 0.717) is 17.9 Å². The van der Waals surface area contributed by atoms with Gasteiger partial charge in [0.15, 0.2) is 0 Å². The van der Waals surface area contributed by atoms with Gasteiger partial charge in [0, 0.05) is 24.0 Å². The van der Waals surface area contributed by atoms with E-state index in [1.165, 1.54) is 17.7 Å². The molecule has 4 rings (SSSR count). The van der Waals surface area contributed by atoms with Crippen molar-refractivity contribution < 1.29 is 9.90 Å². The van der Waals surface area contributed by atoms with Crippen molar-refractivity contribution in [1.29, 1.82) is 0 Å². The van der Waals surface area contributed by atoms with Gasteiger partial charge in [0.2, 0.25) is 0 Å². The van der Waals surface area contributed by atoms with Crippen LogP contribution in [0.4, 0.5) is 0 Å². The van der Waals surface area contributed by atoms with Crippen molar-refractivity contribution >= 4 is 17.2 Å². The number of carbonyl (C=O) groups excluding carboxylic acids is 1. The summed E-state index contributed by atoms with van der Waals surface area (Å²) in [6.45, 7) is 6.01. The summed E-state index contributed by atoms with van der Waals surface area (Å²) in [6, 6.07) is 4.29. The van der Waals surface area contributed by atoms with Crippen molar-refractivity contribution in [3.05, 3.63) is 21.9 Å². The van der Waals surface area contributed by atoms with Gasteiger partial charge in [-0.05, 0) is 69.7 Å². The van der Waals surface area contributed by atoms with Crippen LogP contribution in [0.25, 0.3) is 0 Å². The van der Waals surface area contributed by atoms with E-state index in [2.05, 4.69) is 4.90 Å². The zero-order valence-electron chi connectivity index (χ0n) is 13.8. The number of nitrogens with zero attached hydrogens (tertiary/aromatic N) is 2. The predicted molar refractivity (Wildman–Crippen MR) is 91.8 cm³/mol. The Labute approximate surface area is 142 Å². The maximum Gasteiger partial charge on any atom is 0.263 e. The van der Waals surface area contributed by atoms with Crippen LogP contribution in [0.15, 0.2) is 12.1 Å². The maximum atomic E-state index is 12.7. The van der Waals surface area contributed by atoms with Crippen LogP contribution in [0.5, 0.6) is 0 Å². The fourth-order valence-electron chi connectivity index (χ4n) is 4.74. The second-order valence-electron chi connectivity index (χ2n) is 7.49. The number of aliphatic hydroxyl groups is 1. The number of hydrogen-bond donors (Lipinski definition) is 1. The fourth-order valence-corrected chi connectivity index (χ4v) is 5.58. The Morgan fingerprint density at radius 2 is 1.87 bits per heavy atom. The quantitative estimate of drug-likeness (QED) is 0.903. The second kappa shape index (κ2) is 6.19. The SMILES string of the molecule is Cc1ccc(C(=O)N2C[C@H]3C[C@@H](N4CCCC4)[C@H](O)C[C@H]3C2)s1. The van der Waals surface area contributed by atoms with E-state index in [9.17, 15) is 9.90 Å². The molecule has 3 heterocycles. The number of aryl methyl sites for hydroxylation is 1. The summed E-state index contributed by atoms with van der Waals surface area (Å²) in [6.07, 6.45) is 4.23. The molecule has 5 heteroatoms. The lowest BCUT2D eigenvalue weighted by Gasteiger charge is -2.40. The molecule has 2 saturated heterocycles.